The minimum Gasteiger partial charge on any atom is -0.388 e. The highest BCUT2D eigenvalue weighted by atomic mass is 32.1. The van der Waals surface area contributed by atoms with Crippen molar-refractivity contribution in [1.82, 2.24) is 14.9 Å². The summed E-state index contributed by atoms with van der Waals surface area (Å²) in [7, 11) is 4.23. The van der Waals surface area contributed by atoms with Crippen LogP contribution in [0.5, 0.6) is 0 Å². The fourth-order valence-electron chi connectivity index (χ4n) is 2.42. The Morgan fingerprint density at radius 2 is 2.11 bits per heavy atom. The zero-order valence-electron chi connectivity index (χ0n) is 11.0. The fourth-order valence-corrected chi connectivity index (χ4v) is 2.53. The minimum absolute atomic E-state index is 0.287. The van der Waals surface area contributed by atoms with Crippen molar-refractivity contribution in [2.24, 2.45) is 11.7 Å². The average molecular weight is 265 g/mol. The van der Waals surface area contributed by atoms with Gasteiger partial charge in [0, 0.05) is 19.1 Å². The average Bonchev–Trinajstić information content (AvgIpc) is 2.71. The summed E-state index contributed by atoms with van der Waals surface area (Å²) in [5, 5.41) is 0. The maximum Gasteiger partial charge on any atom is 0.147 e. The molecule has 1 aromatic heterocycles. The Morgan fingerprint density at radius 3 is 2.56 bits per heavy atom. The molecule has 1 aliphatic rings. The van der Waals surface area contributed by atoms with Crippen molar-refractivity contribution in [2.45, 2.75) is 13.0 Å². The SMILES string of the molecule is CC1CN(c2cnc(C(N)=S)cn2)CC1N(C)C. The number of anilines is 1. The number of hydrogen-bond acceptors (Lipinski definition) is 5. The lowest BCUT2D eigenvalue weighted by atomic mass is 10.1. The summed E-state index contributed by atoms with van der Waals surface area (Å²) in [6, 6.07) is 0.557. The molecule has 2 rings (SSSR count). The molecule has 1 fully saturated rings. The molecular weight excluding hydrogens is 246 g/mol. The van der Waals surface area contributed by atoms with Gasteiger partial charge in [-0.1, -0.05) is 19.1 Å². The highest BCUT2D eigenvalue weighted by molar-refractivity contribution is 7.80. The molecule has 0 radical (unpaired) electrons. The monoisotopic (exact) mass is 265 g/mol. The Labute approximate surface area is 113 Å². The summed E-state index contributed by atoms with van der Waals surface area (Å²) in [6.45, 7) is 4.25. The van der Waals surface area contributed by atoms with Crippen molar-refractivity contribution in [3.05, 3.63) is 18.1 Å². The van der Waals surface area contributed by atoms with E-state index in [1.54, 1.807) is 12.4 Å². The molecule has 2 heterocycles. The molecule has 1 saturated heterocycles. The molecule has 0 aliphatic carbocycles. The fraction of sp³-hybridized carbons (Fsp3) is 0.583. The Kier molecular flexibility index (Phi) is 3.77. The van der Waals surface area contributed by atoms with Gasteiger partial charge in [-0.05, 0) is 20.0 Å². The molecule has 0 spiro atoms. The first kappa shape index (κ1) is 13.2. The molecule has 18 heavy (non-hydrogen) atoms. The third kappa shape index (κ3) is 2.59. The number of nitrogens with two attached hydrogens (primary N) is 1. The lowest BCUT2D eigenvalue weighted by Crippen LogP contribution is -2.34. The topological polar surface area (TPSA) is 58.3 Å². The molecule has 2 N–H and O–H groups in total. The lowest BCUT2D eigenvalue weighted by Gasteiger charge is -2.22. The van der Waals surface area contributed by atoms with E-state index in [1.165, 1.54) is 0 Å². The van der Waals surface area contributed by atoms with Crippen LogP contribution < -0.4 is 10.6 Å². The van der Waals surface area contributed by atoms with E-state index in [0.717, 1.165) is 18.9 Å². The molecule has 6 heteroatoms. The maximum atomic E-state index is 5.51. The van der Waals surface area contributed by atoms with Crippen LogP contribution in [-0.2, 0) is 0 Å². The van der Waals surface area contributed by atoms with Crippen molar-refractivity contribution in [3.63, 3.8) is 0 Å². The predicted molar refractivity (Wildman–Crippen MR) is 76.8 cm³/mol. The second-order valence-corrected chi connectivity index (χ2v) is 5.48. The zero-order valence-corrected chi connectivity index (χ0v) is 11.8. The second kappa shape index (κ2) is 5.16. The van der Waals surface area contributed by atoms with Gasteiger partial charge in [-0.2, -0.15) is 0 Å². The van der Waals surface area contributed by atoms with Crippen molar-refractivity contribution in [2.75, 3.05) is 32.1 Å². The Morgan fingerprint density at radius 1 is 1.39 bits per heavy atom. The Hall–Kier alpha value is -1.27. The van der Waals surface area contributed by atoms with Crippen LogP contribution in [0.25, 0.3) is 0 Å². The number of thiocarbonyl (C=S) groups is 1. The molecule has 0 bridgehead atoms. The van der Waals surface area contributed by atoms with Crippen LogP contribution in [0.2, 0.25) is 0 Å². The molecular formula is C12H19N5S. The van der Waals surface area contributed by atoms with Crippen LogP contribution in [0.4, 0.5) is 5.82 Å². The van der Waals surface area contributed by atoms with Gasteiger partial charge in [0.1, 0.15) is 16.5 Å². The number of aromatic nitrogens is 2. The first-order valence-corrected chi connectivity index (χ1v) is 6.43. The van der Waals surface area contributed by atoms with E-state index in [0.29, 0.717) is 17.7 Å². The smallest absolute Gasteiger partial charge is 0.147 e. The van der Waals surface area contributed by atoms with Gasteiger partial charge in [0.15, 0.2) is 0 Å². The van der Waals surface area contributed by atoms with Crippen molar-refractivity contribution >= 4 is 23.0 Å². The van der Waals surface area contributed by atoms with Crippen LogP contribution >= 0.6 is 12.2 Å². The van der Waals surface area contributed by atoms with Gasteiger partial charge >= 0.3 is 0 Å². The lowest BCUT2D eigenvalue weighted by molar-refractivity contribution is 0.266. The molecule has 1 aliphatic heterocycles. The normalized spacial score (nSPS) is 23.7. The van der Waals surface area contributed by atoms with Gasteiger partial charge < -0.3 is 15.5 Å². The van der Waals surface area contributed by atoms with Crippen molar-refractivity contribution in [3.8, 4) is 0 Å². The van der Waals surface area contributed by atoms with E-state index >= 15 is 0 Å². The zero-order chi connectivity index (χ0) is 13.3. The number of likely N-dealkylation sites (N-methyl/N-ethyl adjacent to an activating group) is 1. The third-order valence-corrected chi connectivity index (χ3v) is 3.66. The van der Waals surface area contributed by atoms with Crippen LogP contribution in [0.3, 0.4) is 0 Å². The minimum atomic E-state index is 0.287. The van der Waals surface area contributed by atoms with E-state index in [-0.39, 0.29) is 4.99 Å². The largest absolute Gasteiger partial charge is 0.388 e. The Balaban J connectivity index is 2.11. The van der Waals surface area contributed by atoms with E-state index in [4.69, 9.17) is 18.0 Å². The summed E-state index contributed by atoms with van der Waals surface area (Å²) in [5.74, 6) is 1.52. The first-order valence-electron chi connectivity index (χ1n) is 6.02. The van der Waals surface area contributed by atoms with Gasteiger partial charge in [-0.15, -0.1) is 0 Å². The molecule has 98 valence electrons. The summed E-state index contributed by atoms with van der Waals surface area (Å²) in [4.78, 5) is 13.4. The quantitative estimate of drug-likeness (QED) is 0.803. The maximum absolute atomic E-state index is 5.51. The first-order chi connectivity index (χ1) is 8.49. The number of nitrogens with zero attached hydrogens (tertiary/aromatic N) is 4. The summed E-state index contributed by atoms with van der Waals surface area (Å²) < 4.78 is 0. The van der Waals surface area contributed by atoms with Gasteiger partial charge in [0.05, 0.1) is 12.4 Å². The predicted octanol–water partition coefficient (Wildman–Crippen LogP) is 0.497. The van der Waals surface area contributed by atoms with Crippen molar-refractivity contribution in [1.29, 1.82) is 0 Å². The summed E-state index contributed by atoms with van der Waals surface area (Å²) in [6.07, 6.45) is 3.39. The van der Waals surface area contributed by atoms with Gasteiger partial charge in [-0.3, -0.25) is 0 Å². The van der Waals surface area contributed by atoms with Crippen LogP contribution in [0, 0.1) is 5.92 Å². The molecule has 0 amide bonds. The van der Waals surface area contributed by atoms with E-state index in [2.05, 4.69) is 40.8 Å². The standard InChI is InChI=1S/C12H19N5S/c1-8-6-17(7-10(8)16(2)3)11-5-14-9(4-15-11)12(13)18/h4-5,8,10H,6-7H2,1-3H3,(H2,13,18). The van der Waals surface area contributed by atoms with E-state index < -0.39 is 0 Å². The van der Waals surface area contributed by atoms with Crippen LogP contribution in [0.1, 0.15) is 12.6 Å². The Bertz CT molecular complexity index is 431. The number of rotatable bonds is 3. The van der Waals surface area contributed by atoms with Gasteiger partial charge in [0.25, 0.3) is 0 Å². The highest BCUT2D eigenvalue weighted by Gasteiger charge is 2.31. The van der Waals surface area contributed by atoms with Crippen LogP contribution in [0.15, 0.2) is 12.4 Å². The second-order valence-electron chi connectivity index (χ2n) is 5.04. The summed E-state index contributed by atoms with van der Waals surface area (Å²) >= 11 is 4.87. The molecule has 0 aromatic carbocycles. The highest BCUT2D eigenvalue weighted by Crippen LogP contribution is 2.23. The van der Waals surface area contributed by atoms with Gasteiger partial charge in [0.2, 0.25) is 0 Å². The molecule has 5 nitrogen and oxygen atoms in total. The van der Waals surface area contributed by atoms with E-state index in [9.17, 15) is 0 Å². The molecule has 2 atom stereocenters. The van der Waals surface area contributed by atoms with Gasteiger partial charge in [-0.25, -0.2) is 9.97 Å². The molecule has 0 saturated carbocycles. The van der Waals surface area contributed by atoms with Crippen LogP contribution in [-0.4, -0.2) is 53.1 Å². The molecule has 1 aromatic rings. The molecule has 2 unspecified atom stereocenters. The third-order valence-electron chi connectivity index (χ3n) is 3.45. The van der Waals surface area contributed by atoms with Crippen molar-refractivity contribution < 1.29 is 0 Å². The van der Waals surface area contributed by atoms with E-state index in [1.807, 2.05) is 0 Å². The summed E-state index contributed by atoms with van der Waals surface area (Å²) in [5.41, 5.74) is 6.08. The number of hydrogen-bond donors (Lipinski definition) is 1.